The van der Waals surface area contributed by atoms with Crippen LogP contribution in [-0.4, -0.2) is 61.5 Å². The molecule has 2 aromatic rings. The lowest BCUT2D eigenvalue weighted by Gasteiger charge is -2.35. The quantitative estimate of drug-likeness (QED) is 0.571. The van der Waals surface area contributed by atoms with Gasteiger partial charge in [-0.3, -0.25) is 0 Å². The van der Waals surface area contributed by atoms with Crippen molar-refractivity contribution < 1.29 is 17.9 Å². The molecule has 1 saturated heterocycles. The number of hydrogen-bond acceptors (Lipinski definition) is 7. The van der Waals surface area contributed by atoms with E-state index in [1.807, 2.05) is 12.1 Å². The van der Waals surface area contributed by atoms with E-state index in [-0.39, 0.29) is 18.1 Å². The molecule has 2 aliphatic rings. The van der Waals surface area contributed by atoms with E-state index in [1.165, 1.54) is 0 Å². The van der Waals surface area contributed by atoms with Crippen molar-refractivity contribution in [3.05, 3.63) is 36.0 Å². The number of rotatable bonds is 7. The first-order valence-electron chi connectivity index (χ1n) is 12.6. The summed E-state index contributed by atoms with van der Waals surface area (Å²) >= 11 is 0. The number of morpholine rings is 1. The standard InChI is InChI=1S/C26H37N5O4S/c1-17(2)36(33,34)26(4,5)22-15-23(31-13-14-35-16-18(31)3)30-24(29-22)19-9-11-21(12-10-19)28-25(32)27-20-7-6-8-20/h9-12,15,17-18,20H,6-8,13-14,16H2,1-5H3,(H2,27,28,32)/t18-/m0/s1. The summed E-state index contributed by atoms with van der Waals surface area (Å²) in [6.07, 6.45) is 3.19. The second-order valence-corrected chi connectivity index (χ2v) is 13.5. The maximum atomic E-state index is 13.3. The van der Waals surface area contributed by atoms with Gasteiger partial charge in [0.1, 0.15) is 10.6 Å². The molecule has 9 nitrogen and oxygen atoms in total. The Balaban J connectivity index is 1.68. The Morgan fingerprint density at radius 3 is 2.44 bits per heavy atom. The number of aromatic nitrogens is 2. The molecule has 1 aromatic carbocycles. The van der Waals surface area contributed by atoms with Gasteiger partial charge in [-0.1, -0.05) is 0 Å². The van der Waals surface area contributed by atoms with E-state index in [0.29, 0.717) is 42.8 Å². The number of benzene rings is 1. The van der Waals surface area contributed by atoms with E-state index in [9.17, 15) is 13.2 Å². The van der Waals surface area contributed by atoms with Gasteiger partial charge in [0.25, 0.3) is 0 Å². The summed E-state index contributed by atoms with van der Waals surface area (Å²) in [5, 5.41) is 5.28. The van der Waals surface area contributed by atoms with Crippen LogP contribution in [0.4, 0.5) is 16.3 Å². The summed E-state index contributed by atoms with van der Waals surface area (Å²) in [7, 11) is -3.51. The third kappa shape index (κ3) is 5.34. The number of urea groups is 1. The minimum atomic E-state index is -3.51. The predicted octanol–water partition coefficient (Wildman–Crippen LogP) is 4.10. The summed E-state index contributed by atoms with van der Waals surface area (Å²) in [6.45, 7) is 10.7. The van der Waals surface area contributed by atoms with Crippen molar-refractivity contribution in [2.75, 3.05) is 30.0 Å². The zero-order chi connectivity index (χ0) is 26.1. The lowest BCUT2D eigenvalue weighted by Crippen LogP contribution is -2.44. The number of amides is 2. The van der Waals surface area contributed by atoms with Crippen LogP contribution in [0.2, 0.25) is 0 Å². The summed E-state index contributed by atoms with van der Waals surface area (Å²) in [5.41, 5.74) is 1.86. The van der Waals surface area contributed by atoms with Crippen LogP contribution in [0.1, 0.15) is 59.6 Å². The average Bonchev–Trinajstić information content (AvgIpc) is 2.81. The normalized spacial score (nSPS) is 19.2. The van der Waals surface area contributed by atoms with E-state index in [4.69, 9.17) is 14.7 Å². The van der Waals surface area contributed by atoms with Crippen LogP contribution in [0.5, 0.6) is 0 Å². The third-order valence-electron chi connectivity index (χ3n) is 7.16. The fourth-order valence-electron chi connectivity index (χ4n) is 4.43. The molecule has 2 fully saturated rings. The Bertz CT molecular complexity index is 1190. The highest BCUT2D eigenvalue weighted by atomic mass is 32.2. The Labute approximate surface area is 214 Å². The highest BCUT2D eigenvalue weighted by Gasteiger charge is 2.40. The first-order valence-corrected chi connectivity index (χ1v) is 14.2. The summed E-state index contributed by atoms with van der Waals surface area (Å²) in [6, 6.07) is 9.23. The fraction of sp³-hybridized carbons (Fsp3) is 0.577. The third-order valence-corrected chi connectivity index (χ3v) is 10.0. The Morgan fingerprint density at radius 2 is 1.86 bits per heavy atom. The van der Waals surface area contributed by atoms with Crippen LogP contribution in [0.15, 0.2) is 30.3 Å². The minimum absolute atomic E-state index is 0.0972. The van der Waals surface area contributed by atoms with Gasteiger partial charge in [0.05, 0.1) is 30.2 Å². The number of carbonyl (C=O) groups is 1. The predicted molar refractivity (Wildman–Crippen MR) is 142 cm³/mol. The summed E-state index contributed by atoms with van der Waals surface area (Å²) < 4.78 is 30.9. The zero-order valence-electron chi connectivity index (χ0n) is 21.7. The van der Waals surface area contributed by atoms with Crippen LogP contribution in [-0.2, 0) is 19.3 Å². The van der Waals surface area contributed by atoms with Crippen LogP contribution in [0, 0.1) is 0 Å². The van der Waals surface area contributed by atoms with Crippen molar-refractivity contribution in [1.82, 2.24) is 15.3 Å². The van der Waals surface area contributed by atoms with E-state index >= 15 is 0 Å². The van der Waals surface area contributed by atoms with Gasteiger partial charge in [-0.05, 0) is 78.1 Å². The number of hydrogen-bond donors (Lipinski definition) is 2. The molecular formula is C26H37N5O4S. The van der Waals surface area contributed by atoms with Gasteiger partial charge in [0.2, 0.25) is 0 Å². The lowest BCUT2D eigenvalue weighted by molar-refractivity contribution is 0.0985. The molecule has 196 valence electrons. The van der Waals surface area contributed by atoms with Crippen molar-refractivity contribution in [3.8, 4) is 11.4 Å². The van der Waals surface area contributed by atoms with Crippen molar-refractivity contribution in [2.45, 2.75) is 76.0 Å². The van der Waals surface area contributed by atoms with Crippen molar-refractivity contribution >= 4 is 27.4 Å². The van der Waals surface area contributed by atoms with Gasteiger partial charge in [-0.15, -0.1) is 0 Å². The van der Waals surface area contributed by atoms with Crippen LogP contribution in [0.25, 0.3) is 11.4 Å². The highest BCUT2D eigenvalue weighted by molar-refractivity contribution is 7.92. The molecule has 1 aliphatic carbocycles. The number of sulfone groups is 1. The second kappa shape index (κ2) is 10.3. The SMILES string of the molecule is CC(C)S(=O)(=O)C(C)(C)c1cc(N2CCOC[C@@H]2C)nc(-c2ccc(NC(=O)NC3CCC3)cc2)n1. The van der Waals surface area contributed by atoms with Crippen molar-refractivity contribution in [1.29, 1.82) is 0 Å². The van der Waals surface area contributed by atoms with E-state index in [1.54, 1.807) is 45.9 Å². The molecule has 10 heteroatoms. The first kappa shape index (κ1) is 26.3. The molecule has 0 radical (unpaired) electrons. The molecule has 0 unspecified atom stereocenters. The average molecular weight is 516 g/mol. The molecule has 1 aliphatic heterocycles. The molecule has 2 amide bonds. The maximum Gasteiger partial charge on any atom is 0.319 e. The molecule has 2 N–H and O–H groups in total. The van der Waals surface area contributed by atoms with Crippen LogP contribution < -0.4 is 15.5 Å². The minimum Gasteiger partial charge on any atom is -0.377 e. The van der Waals surface area contributed by atoms with Gasteiger partial charge in [-0.2, -0.15) is 0 Å². The number of ether oxygens (including phenoxy) is 1. The first-order chi connectivity index (χ1) is 17.0. The Kier molecular flexibility index (Phi) is 7.56. The highest BCUT2D eigenvalue weighted by Crippen LogP contribution is 2.35. The Morgan fingerprint density at radius 1 is 1.17 bits per heavy atom. The number of nitrogens with one attached hydrogen (secondary N) is 2. The Hall–Kier alpha value is -2.72. The topological polar surface area (TPSA) is 114 Å². The largest absolute Gasteiger partial charge is 0.377 e. The molecule has 1 aromatic heterocycles. The lowest BCUT2D eigenvalue weighted by atomic mass is 9.93. The van der Waals surface area contributed by atoms with Gasteiger partial charge in [-0.25, -0.2) is 23.2 Å². The van der Waals surface area contributed by atoms with Gasteiger partial charge < -0.3 is 20.3 Å². The van der Waals surface area contributed by atoms with E-state index in [2.05, 4.69) is 22.5 Å². The van der Waals surface area contributed by atoms with Gasteiger partial charge in [0, 0.05) is 29.9 Å². The summed E-state index contributed by atoms with van der Waals surface area (Å²) in [5.74, 6) is 1.12. The molecule has 2 heterocycles. The van der Waals surface area contributed by atoms with E-state index in [0.717, 1.165) is 24.8 Å². The van der Waals surface area contributed by atoms with E-state index < -0.39 is 19.8 Å². The maximum absolute atomic E-state index is 13.3. The van der Waals surface area contributed by atoms with Crippen molar-refractivity contribution in [2.24, 2.45) is 0 Å². The number of carbonyl (C=O) groups excluding carboxylic acids is 1. The molecule has 0 bridgehead atoms. The summed E-state index contributed by atoms with van der Waals surface area (Å²) in [4.78, 5) is 23.9. The second-order valence-electron chi connectivity index (χ2n) is 10.5. The number of nitrogens with zero attached hydrogens (tertiary/aromatic N) is 3. The zero-order valence-corrected chi connectivity index (χ0v) is 22.6. The van der Waals surface area contributed by atoms with Crippen LogP contribution in [0.3, 0.4) is 0 Å². The van der Waals surface area contributed by atoms with Crippen molar-refractivity contribution in [3.63, 3.8) is 0 Å². The molecule has 0 spiro atoms. The molecule has 1 atom stereocenters. The molecule has 4 rings (SSSR count). The van der Waals surface area contributed by atoms with Crippen LogP contribution >= 0.6 is 0 Å². The monoisotopic (exact) mass is 515 g/mol. The van der Waals surface area contributed by atoms with Gasteiger partial charge in [0.15, 0.2) is 15.7 Å². The molecule has 1 saturated carbocycles. The smallest absolute Gasteiger partial charge is 0.319 e. The number of anilines is 2. The fourth-order valence-corrected chi connectivity index (χ4v) is 6.00. The molecule has 36 heavy (non-hydrogen) atoms. The molecular weight excluding hydrogens is 478 g/mol. The van der Waals surface area contributed by atoms with Gasteiger partial charge >= 0.3 is 6.03 Å².